The van der Waals surface area contributed by atoms with Gasteiger partial charge in [0.25, 0.3) is 0 Å². The van der Waals surface area contributed by atoms with Crippen LogP contribution in [0, 0.1) is 5.92 Å². The molecule has 3 N–H and O–H groups in total. The monoisotopic (exact) mass is 641 g/mol. The van der Waals surface area contributed by atoms with Gasteiger partial charge >= 0.3 is 18.0 Å². The molecule has 0 saturated carbocycles. The molecule has 0 unspecified atom stereocenters. The number of hydrogen-bond donors (Lipinski definition) is 3. The highest BCUT2D eigenvalue weighted by molar-refractivity contribution is 5.90. The van der Waals surface area contributed by atoms with Gasteiger partial charge in [0.1, 0.15) is 30.9 Å². The summed E-state index contributed by atoms with van der Waals surface area (Å²) in [5.74, 6) is -2.36. The zero-order chi connectivity index (χ0) is 34.0. The Bertz CT molecular complexity index is 1250. The van der Waals surface area contributed by atoms with Gasteiger partial charge in [-0.2, -0.15) is 0 Å². The Balaban J connectivity index is 1.92. The molecule has 0 aliphatic rings. The molecule has 0 spiro atoms. The third kappa shape index (κ3) is 16.0. The van der Waals surface area contributed by atoms with E-state index in [-0.39, 0.29) is 70.0 Å². The van der Waals surface area contributed by atoms with Crippen LogP contribution in [0.25, 0.3) is 0 Å². The number of ether oxygens (including phenoxy) is 4. The van der Waals surface area contributed by atoms with E-state index in [1.165, 1.54) is 0 Å². The van der Waals surface area contributed by atoms with Gasteiger partial charge in [-0.05, 0) is 44.2 Å². The molecule has 2 rings (SSSR count). The molecule has 12 heteroatoms. The van der Waals surface area contributed by atoms with Crippen LogP contribution in [0.1, 0.15) is 65.0 Å². The zero-order valence-electron chi connectivity index (χ0n) is 27.3. The van der Waals surface area contributed by atoms with Crippen LogP contribution in [0.5, 0.6) is 0 Å². The SMILES string of the molecule is CC(C)[C@H](NC(=O)[C@@H](CCC(=O)NCCOCCC(=O)OC(C)(C)C)NC(=O)OCc1ccccc1)C(=O)OCc1ccccc1. The van der Waals surface area contributed by atoms with Gasteiger partial charge in [-0.1, -0.05) is 74.5 Å². The lowest BCUT2D eigenvalue weighted by Crippen LogP contribution is -2.53. The first kappa shape index (κ1) is 37.7. The van der Waals surface area contributed by atoms with E-state index in [1.807, 2.05) is 36.4 Å². The Hall–Kier alpha value is -4.45. The second kappa shape index (κ2) is 19.8. The summed E-state index contributed by atoms with van der Waals surface area (Å²) in [6.07, 6.45) is -0.942. The summed E-state index contributed by atoms with van der Waals surface area (Å²) in [5, 5.41) is 7.87. The summed E-state index contributed by atoms with van der Waals surface area (Å²) < 4.78 is 21.3. The molecule has 0 aliphatic carbocycles. The van der Waals surface area contributed by atoms with Crippen molar-refractivity contribution in [2.24, 2.45) is 5.92 Å². The van der Waals surface area contributed by atoms with Crippen LogP contribution < -0.4 is 16.0 Å². The normalized spacial score (nSPS) is 12.4. The van der Waals surface area contributed by atoms with Gasteiger partial charge in [-0.25, -0.2) is 9.59 Å². The first-order chi connectivity index (χ1) is 21.8. The van der Waals surface area contributed by atoms with E-state index in [9.17, 15) is 24.0 Å². The van der Waals surface area contributed by atoms with Gasteiger partial charge in [0.15, 0.2) is 0 Å². The Morgan fingerprint density at radius 3 is 1.91 bits per heavy atom. The number of alkyl carbamates (subject to hydrolysis) is 1. The Labute approximate surface area is 270 Å². The zero-order valence-corrected chi connectivity index (χ0v) is 27.3. The molecule has 2 aromatic carbocycles. The predicted molar refractivity (Wildman–Crippen MR) is 170 cm³/mol. The molecule has 0 aliphatic heterocycles. The van der Waals surface area contributed by atoms with Crippen molar-refractivity contribution in [3.05, 3.63) is 71.8 Å². The third-order valence-corrected chi connectivity index (χ3v) is 6.36. The summed E-state index contributed by atoms with van der Waals surface area (Å²) in [5.41, 5.74) is 0.978. The molecular formula is C34H47N3O9. The topological polar surface area (TPSA) is 158 Å². The predicted octanol–water partition coefficient (Wildman–Crippen LogP) is 3.81. The molecule has 12 nitrogen and oxygen atoms in total. The van der Waals surface area contributed by atoms with Crippen LogP contribution in [0.2, 0.25) is 0 Å². The maximum Gasteiger partial charge on any atom is 0.408 e. The van der Waals surface area contributed by atoms with E-state index in [0.29, 0.717) is 0 Å². The molecule has 0 bridgehead atoms. The Morgan fingerprint density at radius 2 is 1.35 bits per heavy atom. The lowest BCUT2D eigenvalue weighted by atomic mass is 10.0. The van der Waals surface area contributed by atoms with Crippen LogP contribution in [0.3, 0.4) is 0 Å². The summed E-state index contributed by atoms with van der Waals surface area (Å²) >= 11 is 0. The van der Waals surface area contributed by atoms with E-state index >= 15 is 0 Å². The number of amides is 3. The molecule has 0 heterocycles. The molecular weight excluding hydrogens is 594 g/mol. The molecule has 0 radical (unpaired) electrons. The summed E-state index contributed by atoms with van der Waals surface area (Å²) in [6.45, 7) is 9.37. The van der Waals surface area contributed by atoms with Crippen molar-refractivity contribution in [1.29, 1.82) is 0 Å². The van der Waals surface area contributed by atoms with Crippen molar-refractivity contribution in [1.82, 2.24) is 16.0 Å². The van der Waals surface area contributed by atoms with E-state index in [2.05, 4.69) is 16.0 Å². The Kier molecular flexibility index (Phi) is 16.3. The van der Waals surface area contributed by atoms with E-state index < -0.39 is 35.7 Å². The Morgan fingerprint density at radius 1 is 0.761 bits per heavy atom. The highest BCUT2D eigenvalue weighted by atomic mass is 16.6. The van der Waals surface area contributed by atoms with Crippen molar-refractivity contribution in [3.63, 3.8) is 0 Å². The number of carbonyl (C=O) groups is 5. The number of rotatable bonds is 18. The van der Waals surface area contributed by atoms with Crippen molar-refractivity contribution in [2.45, 2.75) is 84.8 Å². The lowest BCUT2D eigenvalue weighted by Gasteiger charge is -2.24. The van der Waals surface area contributed by atoms with Gasteiger partial charge < -0.3 is 34.9 Å². The van der Waals surface area contributed by atoms with Gasteiger partial charge in [0.05, 0.1) is 19.6 Å². The molecule has 252 valence electrons. The van der Waals surface area contributed by atoms with Gasteiger partial charge in [-0.15, -0.1) is 0 Å². The lowest BCUT2D eigenvalue weighted by molar-refractivity contribution is -0.156. The van der Waals surface area contributed by atoms with Gasteiger partial charge in [0.2, 0.25) is 11.8 Å². The summed E-state index contributed by atoms with van der Waals surface area (Å²) in [4.78, 5) is 63.2. The maximum atomic E-state index is 13.4. The average Bonchev–Trinajstić information content (AvgIpc) is 3.01. The van der Waals surface area contributed by atoms with Crippen molar-refractivity contribution >= 4 is 29.8 Å². The van der Waals surface area contributed by atoms with Crippen LogP contribution >= 0.6 is 0 Å². The number of benzene rings is 2. The fourth-order valence-corrected chi connectivity index (χ4v) is 4.02. The van der Waals surface area contributed by atoms with Gasteiger partial charge in [-0.3, -0.25) is 14.4 Å². The molecule has 0 aromatic heterocycles. The van der Waals surface area contributed by atoms with Crippen LogP contribution in [0.15, 0.2) is 60.7 Å². The standard InChI is InChI=1S/C34H47N3O9/c1-24(2)30(32(41)44-22-25-12-8-6-9-13-25)37-31(40)27(36-33(42)45-23-26-14-10-7-11-15-26)16-17-28(38)35-19-21-43-20-18-29(39)46-34(3,4)5/h6-15,24,27,30H,16-23H2,1-5H3,(H,35,38)(H,36,42)(H,37,40)/t27-,30+/m1/s1. The highest BCUT2D eigenvalue weighted by Crippen LogP contribution is 2.10. The van der Waals surface area contributed by atoms with Crippen LogP contribution in [-0.2, 0) is 51.3 Å². The fraction of sp³-hybridized carbons (Fsp3) is 0.500. The number of carbonyl (C=O) groups excluding carboxylic acids is 5. The van der Waals surface area contributed by atoms with Crippen molar-refractivity contribution in [2.75, 3.05) is 19.8 Å². The highest BCUT2D eigenvalue weighted by Gasteiger charge is 2.30. The number of esters is 2. The number of hydrogen-bond acceptors (Lipinski definition) is 9. The molecule has 2 atom stereocenters. The summed E-state index contributed by atoms with van der Waals surface area (Å²) in [7, 11) is 0. The van der Waals surface area contributed by atoms with E-state index in [1.54, 1.807) is 58.9 Å². The first-order valence-electron chi connectivity index (χ1n) is 15.4. The minimum absolute atomic E-state index is 0.0180. The second-order valence-corrected chi connectivity index (χ2v) is 11.9. The van der Waals surface area contributed by atoms with Crippen molar-refractivity contribution < 1.29 is 42.9 Å². The molecule has 3 amide bonds. The smallest absolute Gasteiger partial charge is 0.408 e. The van der Waals surface area contributed by atoms with E-state index in [0.717, 1.165) is 11.1 Å². The summed E-state index contributed by atoms with van der Waals surface area (Å²) in [6, 6.07) is 16.0. The minimum atomic E-state index is -1.18. The first-order valence-corrected chi connectivity index (χ1v) is 15.4. The van der Waals surface area contributed by atoms with Gasteiger partial charge in [0, 0.05) is 13.0 Å². The molecule has 0 saturated heterocycles. The second-order valence-electron chi connectivity index (χ2n) is 11.9. The number of nitrogens with one attached hydrogen (secondary N) is 3. The maximum absolute atomic E-state index is 13.4. The molecule has 0 fully saturated rings. The van der Waals surface area contributed by atoms with E-state index in [4.69, 9.17) is 18.9 Å². The quantitative estimate of drug-likeness (QED) is 0.125. The molecule has 2 aromatic rings. The van der Waals surface area contributed by atoms with Crippen molar-refractivity contribution in [3.8, 4) is 0 Å². The van der Waals surface area contributed by atoms with Crippen LogP contribution in [0.4, 0.5) is 4.79 Å². The fourth-order valence-electron chi connectivity index (χ4n) is 4.02. The molecule has 46 heavy (non-hydrogen) atoms. The van der Waals surface area contributed by atoms with Crippen LogP contribution in [-0.4, -0.2) is 67.3 Å². The largest absolute Gasteiger partial charge is 0.460 e. The minimum Gasteiger partial charge on any atom is -0.460 e. The average molecular weight is 642 g/mol. The third-order valence-electron chi connectivity index (χ3n) is 6.36.